The summed E-state index contributed by atoms with van der Waals surface area (Å²) in [5, 5.41) is 12.7. The number of aliphatic hydroxyl groups excluding tert-OH is 1. The van der Waals surface area contributed by atoms with Gasteiger partial charge in [0.2, 0.25) is 10.0 Å². The first-order valence-corrected chi connectivity index (χ1v) is 14.8. The Kier molecular flexibility index (Phi) is 9.73. The molecular weight excluding hydrogens is 561 g/mol. The van der Waals surface area contributed by atoms with Gasteiger partial charge in [-0.05, 0) is 61.5 Å². The summed E-state index contributed by atoms with van der Waals surface area (Å²) in [5.41, 5.74) is 1.64. The van der Waals surface area contributed by atoms with Gasteiger partial charge in [0.15, 0.2) is 0 Å². The van der Waals surface area contributed by atoms with Gasteiger partial charge >= 0.3 is 6.03 Å². The van der Waals surface area contributed by atoms with Crippen LogP contribution in [0.3, 0.4) is 0 Å². The Labute approximate surface area is 245 Å². The maximum atomic E-state index is 13.7. The van der Waals surface area contributed by atoms with Crippen LogP contribution in [0.25, 0.3) is 0 Å². The van der Waals surface area contributed by atoms with Crippen LogP contribution >= 0.6 is 0 Å². The van der Waals surface area contributed by atoms with Gasteiger partial charge in [0.05, 0.1) is 20.3 Å². The van der Waals surface area contributed by atoms with Crippen LogP contribution < -0.4 is 14.8 Å². The molecule has 3 atom stereocenters. The van der Waals surface area contributed by atoms with Gasteiger partial charge in [0.1, 0.15) is 28.3 Å². The van der Waals surface area contributed by atoms with Crippen molar-refractivity contribution in [1.82, 2.24) is 9.21 Å². The van der Waals surface area contributed by atoms with Crippen LogP contribution in [0.4, 0.5) is 14.9 Å². The normalized spacial score (nSPS) is 18.6. The summed E-state index contributed by atoms with van der Waals surface area (Å²) in [4.78, 5) is 14.5. The average Bonchev–Trinajstić information content (AvgIpc) is 2.98. The van der Waals surface area contributed by atoms with Crippen molar-refractivity contribution in [1.29, 1.82) is 0 Å². The minimum atomic E-state index is -4.04. The number of carbonyl (C=O) groups is 1. The molecule has 0 bridgehead atoms. The fourth-order valence-electron chi connectivity index (χ4n) is 4.47. The molecule has 1 heterocycles. The van der Waals surface area contributed by atoms with Crippen LogP contribution in [0, 0.1) is 23.6 Å². The number of rotatable bonds is 6. The molecule has 0 saturated carbocycles. The molecule has 2 N–H and O–H groups in total. The highest BCUT2D eigenvalue weighted by molar-refractivity contribution is 7.89. The maximum Gasteiger partial charge on any atom is 0.321 e. The number of nitrogens with one attached hydrogen (secondary N) is 1. The number of aliphatic hydroxyl groups is 1. The van der Waals surface area contributed by atoms with Crippen molar-refractivity contribution in [3.8, 4) is 23.3 Å². The molecule has 4 rings (SSSR count). The zero-order valence-electron chi connectivity index (χ0n) is 23.9. The lowest BCUT2D eigenvalue weighted by molar-refractivity contribution is 0.0830. The number of amides is 2. The predicted molar refractivity (Wildman–Crippen MR) is 157 cm³/mol. The fourth-order valence-corrected chi connectivity index (χ4v) is 6.30. The number of fused-ring (bicyclic) bond motifs is 1. The van der Waals surface area contributed by atoms with E-state index in [1.54, 1.807) is 69.6 Å². The summed E-state index contributed by atoms with van der Waals surface area (Å²) in [7, 11) is -0.871. The number of likely N-dealkylation sites (N-methyl/N-ethyl adjacent to an activating group) is 1. The van der Waals surface area contributed by atoms with Gasteiger partial charge in [-0.25, -0.2) is 17.6 Å². The summed E-state index contributed by atoms with van der Waals surface area (Å²) in [5.74, 6) is 5.88. The third-order valence-electron chi connectivity index (χ3n) is 6.98. The van der Waals surface area contributed by atoms with Crippen molar-refractivity contribution in [3.63, 3.8) is 0 Å². The first kappa shape index (κ1) is 30.8. The number of benzene rings is 3. The second kappa shape index (κ2) is 13.2. The van der Waals surface area contributed by atoms with E-state index in [-0.39, 0.29) is 48.1 Å². The standard InChI is InChI=1S/C31H34FN3O6S/c1-21-18-35(22(2)20-36)42(38,39)30-15-12-24(9-8-23-10-13-25(32)14-11-23)16-28(30)41-29(21)19-34(3)31(37)33-26-6-5-7-27(17-26)40-4/h5-7,10-17,21-22,29,36H,18-20H2,1-4H3,(H,33,37)/t21-,22-,29-/m0/s1. The van der Waals surface area contributed by atoms with E-state index in [1.807, 2.05) is 6.92 Å². The molecule has 3 aromatic carbocycles. The highest BCUT2D eigenvalue weighted by Gasteiger charge is 2.38. The smallest absolute Gasteiger partial charge is 0.321 e. The molecular formula is C31H34FN3O6S. The third kappa shape index (κ3) is 7.20. The zero-order valence-corrected chi connectivity index (χ0v) is 24.7. The van der Waals surface area contributed by atoms with Crippen molar-refractivity contribution in [3.05, 3.63) is 83.7 Å². The molecule has 2 amide bonds. The van der Waals surface area contributed by atoms with Crippen LogP contribution in [-0.4, -0.2) is 74.8 Å². The average molecular weight is 596 g/mol. The number of sulfonamides is 1. The largest absolute Gasteiger partial charge is 0.497 e. The van der Waals surface area contributed by atoms with E-state index in [1.165, 1.54) is 27.4 Å². The number of methoxy groups -OCH3 is 1. The van der Waals surface area contributed by atoms with Crippen LogP contribution in [0.2, 0.25) is 0 Å². The van der Waals surface area contributed by atoms with E-state index in [0.29, 0.717) is 22.6 Å². The summed E-state index contributed by atoms with van der Waals surface area (Å²) < 4.78 is 53.5. The monoisotopic (exact) mass is 595 g/mol. The Bertz CT molecular complexity index is 1590. The van der Waals surface area contributed by atoms with E-state index >= 15 is 0 Å². The first-order valence-electron chi connectivity index (χ1n) is 13.4. The lowest BCUT2D eigenvalue weighted by Crippen LogP contribution is -2.50. The molecule has 11 heteroatoms. The van der Waals surface area contributed by atoms with E-state index in [4.69, 9.17) is 9.47 Å². The van der Waals surface area contributed by atoms with Gasteiger partial charge < -0.3 is 24.8 Å². The number of anilines is 1. The summed E-state index contributed by atoms with van der Waals surface area (Å²) >= 11 is 0. The van der Waals surface area contributed by atoms with Crippen molar-refractivity contribution >= 4 is 21.7 Å². The number of hydrogen-bond donors (Lipinski definition) is 2. The number of nitrogens with zero attached hydrogens (tertiary/aromatic N) is 2. The summed E-state index contributed by atoms with van der Waals surface area (Å²) in [6.45, 7) is 3.33. The Morgan fingerprint density at radius 2 is 1.86 bits per heavy atom. The van der Waals surface area contributed by atoms with Crippen LogP contribution in [0.5, 0.6) is 11.5 Å². The molecule has 0 saturated heterocycles. The minimum Gasteiger partial charge on any atom is -0.497 e. The number of carbonyl (C=O) groups excluding carboxylic acids is 1. The topological polar surface area (TPSA) is 108 Å². The molecule has 42 heavy (non-hydrogen) atoms. The van der Waals surface area contributed by atoms with Gasteiger partial charge in [-0.3, -0.25) is 0 Å². The van der Waals surface area contributed by atoms with Crippen LogP contribution in [-0.2, 0) is 10.0 Å². The second-order valence-corrected chi connectivity index (χ2v) is 12.1. The summed E-state index contributed by atoms with van der Waals surface area (Å²) in [6, 6.07) is 16.2. The van der Waals surface area contributed by atoms with Crippen molar-refractivity contribution in [2.24, 2.45) is 5.92 Å². The lowest BCUT2D eigenvalue weighted by Gasteiger charge is -2.37. The second-order valence-electron chi connectivity index (χ2n) is 10.2. The maximum absolute atomic E-state index is 13.7. The van der Waals surface area contributed by atoms with Gasteiger partial charge in [-0.15, -0.1) is 0 Å². The Morgan fingerprint density at radius 3 is 2.55 bits per heavy atom. The molecule has 0 spiro atoms. The molecule has 222 valence electrons. The fraction of sp³-hybridized carbons (Fsp3) is 0.323. The number of urea groups is 1. The van der Waals surface area contributed by atoms with Crippen molar-refractivity contribution in [2.45, 2.75) is 30.9 Å². The van der Waals surface area contributed by atoms with Gasteiger partial charge in [0.25, 0.3) is 0 Å². The molecule has 0 radical (unpaired) electrons. The van der Waals surface area contributed by atoms with Crippen molar-refractivity contribution in [2.75, 3.05) is 39.2 Å². The van der Waals surface area contributed by atoms with Gasteiger partial charge in [0, 0.05) is 48.4 Å². The highest BCUT2D eigenvalue weighted by atomic mass is 32.2. The Morgan fingerprint density at radius 1 is 1.17 bits per heavy atom. The third-order valence-corrected chi connectivity index (χ3v) is 9.00. The molecule has 0 fully saturated rings. The minimum absolute atomic E-state index is 0.0597. The van der Waals surface area contributed by atoms with Crippen molar-refractivity contribution < 1.29 is 32.2 Å². The van der Waals surface area contributed by atoms with Crippen LogP contribution in [0.15, 0.2) is 71.6 Å². The summed E-state index contributed by atoms with van der Waals surface area (Å²) in [6.07, 6.45) is -0.603. The highest BCUT2D eigenvalue weighted by Crippen LogP contribution is 2.34. The molecule has 1 aliphatic heterocycles. The number of ether oxygens (including phenoxy) is 2. The SMILES string of the molecule is COc1cccc(NC(=O)N(C)C[C@@H]2Oc3cc(C#Cc4ccc(F)cc4)ccc3S(=O)(=O)N([C@@H](C)CO)C[C@@H]2C)c1. The zero-order chi connectivity index (χ0) is 30.4. The molecule has 3 aromatic rings. The Hall–Kier alpha value is -4.11. The molecule has 1 aliphatic rings. The predicted octanol–water partition coefficient (Wildman–Crippen LogP) is 4.17. The molecule has 0 unspecified atom stereocenters. The van der Waals surface area contributed by atoms with Crippen LogP contribution in [0.1, 0.15) is 25.0 Å². The van der Waals surface area contributed by atoms with Gasteiger partial charge in [-0.1, -0.05) is 24.8 Å². The number of halogens is 1. The van der Waals surface area contributed by atoms with E-state index < -0.39 is 22.2 Å². The van der Waals surface area contributed by atoms with E-state index in [0.717, 1.165) is 0 Å². The van der Waals surface area contributed by atoms with E-state index in [2.05, 4.69) is 17.2 Å². The van der Waals surface area contributed by atoms with Gasteiger partial charge in [-0.2, -0.15) is 4.31 Å². The molecule has 0 aliphatic carbocycles. The van der Waals surface area contributed by atoms with E-state index in [9.17, 15) is 22.7 Å². The molecule has 0 aromatic heterocycles. The Balaban J connectivity index is 1.65. The molecule has 9 nitrogen and oxygen atoms in total. The first-order chi connectivity index (χ1) is 20.0. The lowest BCUT2D eigenvalue weighted by atomic mass is 10.0. The quantitative estimate of drug-likeness (QED) is 0.415. The number of hydrogen-bond acceptors (Lipinski definition) is 6.